The minimum absolute atomic E-state index is 0.0664. The van der Waals surface area contributed by atoms with E-state index < -0.39 is 158 Å². The zero-order valence-corrected chi connectivity index (χ0v) is 40.6. The molecular formula is C41H64N12O16S2. The number of primary amides is 1. The van der Waals surface area contributed by atoms with Crippen LogP contribution in [0.2, 0.25) is 0 Å². The van der Waals surface area contributed by atoms with Crippen molar-refractivity contribution < 1.29 is 78.0 Å². The van der Waals surface area contributed by atoms with E-state index in [0.29, 0.717) is 12.0 Å². The summed E-state index contributed by atoms with van der Waals surface area (Å²) in [6.07, 6.45) is -1.49. The van der Waals surface area contributed by atoms with Crippen molar-refractivity contribution in [2.24, 2.45) is 23.1 Å². The molecule has 30 heteroatoms. The first-order valence-corrected chi connectivity index (χ1v) is 23.1. The van der Waals surface area contributed by atoms with Crippen LogP contribution >= 0.6 is 25.3 Å². The van der Waals surface area contributed by atoms with Gasteiger partial charge < -0.3 is 85.5 Å². The van der Waals surface area contributed by atoms with Gasteiger partial charge in [0.15, 0.2) is 0 Å². The second-order valence-corrected chi connectivity index (χ2v) is 16.8. The topological polar surface area (TPSA) is 472 Å². The second-order valence-electron chi connectivity index (χ2n) is 16.1. The predicted octanol–water partition coefficient (Wildman–Crippen LogP) is -7.04. The maximum atomic E-state index is 13.9. The average molecular weight is 1050 g/mol. The third-order valence-electron chi connectivity index (χ3n) is 9.92. The van der Waals surface area contributed by atoms with E-state index >= 15 is 0 Å². The lowest BCUT2D eigenvalue weighted by Crippen LogP contribution is -2.61. The molecule has 28 nitrogen and oxygen atoms in total. The lowest BCUT2D eigenvalue weighted by atomic mass is 10.0. The van der Waals surface area contributed by atoms with Crippen LogP contribution in [0.3, 0.4) is 0 Å². The molecule has 0 unspecified atom stereocenters. The molecule has 0 heterocycles. The highest BCUT2D eigenvalue weighted by Crippen LogP contribution is 2.13. The first kappa shape index (κ1) is 62.3. The summed E-state index contributed by atoms with van der Waals surface area (Å²) in [5.74, 6) is -14.6. The third kappa shape index (κ3) is 23.6. The molecule has 0 spiro atoms. The Morgan fingerprint density at radius 2 is 1.11 bits per heavy atom. The fourth-order valence-electron chi connectivity index (χ4n) is 6.02. The number of benzene rings is 1. The summed E-state index contributed by atoms with van der Waals surface area (Å²) in [4.78, 5) is 153. The number of aliphatic hydroxyl groups excluding tert-OH is 1. The van der Waals surface area contributed by atoms with E-state index in [9.17, 15) is 72.9 Å². The molecule has 0 aliphatic carbocycles. The highest BCUT2D eigenvalue weighted by atomic mass is 32.1. The molecule has 0 saturated heterocycles. The molecule has 0 aliphatic rings. The number of unbranched alkanes of at least 4 members (excludes halogenated alkanes) is 1. The highest BCUT2D eigenvalue weighted by molar-refractivity contribution is 7.80. The van der Waals surface area contributed by atoms with Gasteiger partial charge in [0.2, 0.25) is 59.1 Å². The third-order valence-corrected chi connectivity index (χ3v) is 10.7. The maximum Gasteiger partial charge on any atom is 0.327 e. The smallest absolute Gasteiger partial charge is 0.327 e. The maximum absolute atomic E-state index is 13.9. The lowest BCUT2D eigenvalue weighted by Gasteiger charge is -2.28. The van der Waals surface area contributed by atoms with E-state index in [1.54, 1.807) is 0 Å². The number of carbonyl (C=O) groups is 12. The van der Waals surface area contributed by atoms with Gasteiger partial charge in [0, 0.05) is 17.9 Å². The normalized spacial score (nSPS) is 14.3. The van der Waals surface area contributed by atoms with Crippen molar-refractivity contribution in [2.75, 3.05) is 37.7 Å². The molecule has 1 aromatic rings. The molecule has 0 fully saturated rings. The highest BCUT2D eigenvalue weighted by Gasteiger charge is 2.36. The van der Waals surface area contributed by atoms with E-state index in [0.717, 1.165) is 0 Å². The van der Waals surface area contributed by atoms with Gasteiger partial charge in [0.1, 0.15) is 48.0 Å². The number of aromatic hydroxyl groups is 1. The number of phenolic OH excluding ortho intramolecular Hbond substituents is 1. The Labute approximate surface area is 418 Å². The Morgan fingerprint density at radius 3 is 1.65 bits per heavy atom. The van der Waals surface area contributed by atoms with Crippen LogP contribution in [0, 0.1) is 5.92 Å². The molecule has 10 amide bonds. The van der Waals surface area contributed by atoms with Crippen molar-refractivity contribution in [3.05, 3.63) is 29.8 Å². The van der Waals surface area contributed by atoms with E-state index in [4.69, 9.17) is 22.3 Å². The van der Waals surface area contributed by atoms with Crippen LogP contribution in [0.4, 0.5) is 0 Å². The first-order valence-electron chi connectivity index (χ1n) is 21.8. The number of carbonyl (C=O) groups excluding carboxylic acids is 10. The molecule has 71 heavy (non-hydrogen) atoms. The average Bonchev–Trinajstić information content (AvgIpc) is 3.31. The Kier molecular flexibility index (Phi) is 28.2. The lowest BCUT2D eigenvalue weighted by molar-refractivity contribution is -0.142. The number of hydrogen-bond donors (Lipinski definition) is 18. The Morgan fingerprint density at radius 1 is 0.592 bits per heavy atom. The number of amides is 10. The number of aliphatic carboxylic acids is 2. The number of hydrogen-bond acceptors (Lipinski definition) is 18. The van der Waals surface area contributed by atoms with Gasteiger partial charge >= 0.3 is 11.9 Å². The summed E-state index contributed by atoms with van der Waals surface area (Å²) in [6, 6.07) is -6.74. The Balaban J connectivity index is 3.24. The Hall–Kier alpha value is -6.76. The first-order chi connectivity index (χ1) is 33.4. The SMILES string of the molecule is CC(C)[C@H](NC(=O)[C@H](CC(N)=O)NC(=O)[C@H](CCCCN)NC(=O)[C@H](Cc1ccc(O)cc1)NC(=O)[C@@H](N)CS)C(=O)N[C@@H](CC(=O)O)C(=O)N[C@@H](CO)C(=O)NCC(=O)NCC(=O)N[C@@H](CS)C(=O)O. The van der Waals surface area contributed by atoms with Gasteiger partial charge in [-0.3, -0.25) is 52.7 Å². The van der Waals surface area contributed by atoms with Crippen molar-refractivity contribution in [3.8, 4) is 5.75 Å². The molecule has 0 saturated carbocycles. The molecular weight excluding hydrogens is 981 g/mol. The minimum Gasteiger partial charge on any atom is -0.508 e. The number of nitrogens with one attached hydrogen (secondary N) is 9. The fraction of sp³-hybridized carbons (Fsp3) is 0.561. The van der Waals surface area contributed by atoms with Crippen LogP contribution in [-0.4, -0.2) is 178 Å². The van der Waals surface area contributed by atoms with E-state index in [1.807, 2.05) is 5.32 Å². The molecule has 0 radical (unpaired) electrons. The summed E-state index contributed by atoms with van der Waals surface area (Å²) >= 11 is 7.81. The van der Waals surface area contributed by atoms with Gasteiger partial charge in [-0.2, -0.15) is 25.3 Å². The molecule has 1 aromatic carbocycles. The van der Waals surface area contributed by atoms with Crippen LogP contribution in [0.15, 0.2) is 24.3 Å². The number of carboxylic acid groups (broad SMARTS) is 2. The molecule has 0 bridgehead atoms. The number of phenols is 1. The predicted molar refractivity (Wildman–Crippen MR) is 256 cm³/mol. The summed E-state index contributed by atoms with van der Waals surface area (Å²) in [5.41, 5.74) is 17.4. The van der Waals surface area contributed by atoms with E-state index in [-0.39, 0.29) is 43.1 Å². The number of thiol groups is 2. The van der Waals surface area contributed by atoms with Gasteiger partial charge in [-0.05, 0) is 49.4 Å². The molecule has 1 rings (SSSR count). The summed E-state index contributed by atoms with van der Waals surface area (Å²) in [7, 11) is 0. The van der Waals surface area contributed by atoms with Gasteiger partial charge in [-0.25, -0.2) is 4.79 Å². The van der Waals surface area contributed by atoms with Gasteiger partial charge in [0.25, 0.3) is 0 Å². The van der Waals surface area contributed by atoms with Crippen LogP contribution in [-0.2, 0) is 64.0 Å². The van der Waals surface area contributed by atoms with Crippen LogP contribution in [0.1, 0.15) is 51.5 Å². The molecule has 0 aliphatic heterocycles. The summed E-state index contributed by atoms with van der Waals surface area (Å²) < 4.78 is 0. The number of rotatable bonds is 33. The van der Waals surface area contributed by atoms with Gasteiger partial charge in [0.05, 0.1) is 38.6 Å². The standard InChI is InChI=1S/C41H64N12O16S2/c1-19(2)33(40(67)51-26(13-32(59)60)38(65)52-27(16-54)35(62)46-14-30(57)45-15-31(58)47-28(18-71)41(68)69)53-39(66)25(12-29(44)56)50-36(63)23(5-3-4-10-42)48-37(64)24(49-34(61)22(43)17-70)11-20-6-8-21(55)9-7-20/h6-9,19,22-28,33,54-55,70-71H,3-5,10-18,42-43H2,1-2H3,(H2,44,56)(H,45,57)(H,46,62)(H,47,58)(H,48,64)(H,49,61)(H,50,63)(H,51,67)(H,52,65)(H,53,66)(H,59,60)(H,68,69)/t22-,23-,24-,25-,26-,27-,28-,33-/m0/s1. The summed E-state index contributed by atoms with van der Waals surface area (Å²) in [6.45, 7) is 0.451. The summed E-state index contributed by atoms with van der Waals surface area (Å²) in [5, 5.41) is 58.3. The van der Waals surface area contributed by atoms with E-state index in [2.05, 4.69) is 67.8 Å². The van der Waals surface area contributed by atoms with Crippen molar-refractivity contribution in [1.82, 2.24) is 47.9 Å². The van der Waals surface area contributed by atoms with Gasteiger partial charge in [-0.1, -0.05) is 26.0 Å². The zero-order chi connectivity index (χ0) is 54.0. The number of nitrogens with two attached hydrogens (primary N) is 3. The van der Waals surface area contributed by atoms with Crippen LogP contribution < -0.4 is 65.1 Å². The molecule has 0 aromatic heterocycles. The Bertz CT molecular complexity index is 2050. The quantitative estimate of drug-likeness (QED) is 0.0230. The van der Waals surface area contributed by atoms with Crippen molar-refractivity contribution in [1.29, 1.82) is 0 Å². The van der Waals surface area contributed by atoms with Crippen molar-refractivity contribution in [3.63, 3.8) is 0 Å². The van der Waals surface area contributed by atoms with Crippen molar-refractivity contribution >= 4 is 96.3 Å². The molecule has 19 N–H and O–H groups in total. The second kappa shape index (κ2) is 32.2. The number of carboxylic acids is 2. The monoisotopic (exact) mass is 1040 g/mol. The number of aliphatic hydroxyl groups is 1. The zero-order valence-electron chi connectivity index (χ0n) is 38.8. The van der Waals surface area contributed by atoms with Crippen LogP contribution in [0.25, 0.3) is 0 Å². The van der Waals surface area contributed by atoms with Crippen molar-refractivity contribution in [2.45, 2.75) is 101 Å². The molecule has 8 atom stereocenters. The van der Waals surface area contributed by atoms with Gasteiger partial charge in [-0.15, -0.1) is 0 Å². The van der Waals surface area contributed by atoms with Crippen LogP contribution in [0.5, 0.6) is 5.75 Å². The fourth-order valence-corrected chi connectivity index (χ4v) is 6.43. The largest absolute Gasteiger partial charge is 0.508 e. The van der Waals surface area contributed by atoms with E-state index in [1.165, 1.54) is 38.1 Å². The minimum atomic E-state index is -1.97. The molecule has 396 valence electrons.